The molecule has 0 saturated heterocycles. The molecule has 19 heavy (non-hydrogen) atoms. The maximum Gasteiger partial charge on any atom is 0.150 e. The molecule has 0 radical (unpaired) electrons. The number of benzene rings is 2. The second-order valence-electron chi connectivity index (χ2n) is 4.57. The average Bonchev–Trinajstić information content (AvgIpc) is 2.46. The predicted molar refractivity (Wildman–Crippen MR) is 77.3 cm³/mol. The SMILES string of the molecule is Cc1ccccc1-c1ccnc2cc(C=O)ccc12. The minimum absolute atomic E-state index is 0.655. The van der Waals surface area contributed by atoms with Crippen LogP contribution in [0.15, 0.2) is 54.7 Å². The van der Waals surface area contributed by atoms with E-state index in [2.05, 4.69) is 24.0 Å². The first-order valence-electron chi connectivity index (χ1n) is 6.19. The highest BCUT2D eigenvalue weighted by Gasteiger charge is 2.07. The third-order valence-corrected chi connectivity index (χ3v) is 3.34. The first kappa shape index (κ1) is 11.6. The standard InChI is InChI=1S/C17H13NO/c1-12-4-2-3-5-14(12)15-8-9-18-17-10-13(11-19)6-7-16(15)17/h2-11H,1H3. The highest BCUT2D eigenvalue weighted by atomic mass is 16.1. The molecule has 0 saturated carbocycles. The maximum atomic E-state index is 10.8. The van der Waals surface area contributed by atoms with Gasteiger partial charge in [0.2, 0.25) is 0 Å². The van der Waals surface area contributed by atoms with Crippen LogP contribution in [0.25, 0.3) is 22.0 Å². The van der Waals surface area contributed by atoms with Gasteiger partial charge in [-0.15, -0.1) is 0 Å². The van der Waals surface area contributed by atoms with Gasteiger partial charge in [-0.1, -0.05) is 36.4 Å². The fourth-order valence-electron chi connectivity index (χ4n) is 2.35. The fraction of sp³-hybridized carbons (Fsp3) is 0.0588. The van der Waals surface area contributed by atoms with Gasteiger partial charge in [0.1, 0.15) is 6.29 Å². The molecule has 2 heteroatoms. The zero-order valence-electron chi connectivity index (χ0n) is 10.6. The van der Waals surface area contributed by atoms with Gasteiger partial charge in [0, 0.05) is 17.1 Å². The van der Waals surface area contributed by atoms with Crippen molar-refractivity contribution >= 4 is 17.2 Å². The van der Waals surface area contributed by atoms with E-state index in [1.807, 2.05) is 36.4 Å². The minimum Gasteiger partial charge on any atom is -0.298 e. The van der Waals surface area contributed by atoms with Crippen molar-refractivity contribution in [3.8, 4) is 11.1 Å². The lowest BCUT2D eigenvalue weighted by Gasteiger charge is -2.09. The molecule has 0 fully saturated rings. The van der Waals surface area contributed by atoms with Crippen LogP contribution in [0.4, 0.5) is 0 Å². The number of aldehydes is 1. The summed E-state index contributed by atoms with van der Waals surface area (Å²) in [5.74, 6) is 0. The highest BCUT2D eigenvalue weighted by Crippen LogP contribution is 2.29. The molecule has 2 aromatic carbocycles. The molecule has 0 atom stereocenters. The van der Waals surface area contributed by atoms with Crippen molar-refractivity contribution in [1.29, 1.82) is 0 Å². The van der Waals surface area contributed by atoms with Gasteiger partial charge >= 0.3 is 0 Å². The molecule has 0 unspecified atom stereocenters. The molecule has 0 aliphatic heterocycles. The fourth-order valence-corrected chi connectivity index (χ4v) is 2.35. The largest absolute Gasteiger partial charge is 0.298 e. The molecule has 1 heterocycles. The van der Waals surface area contributed by atoms with Gasteiger partial charge < -0.3 is 0 Å². The monoisotopic (exact) mass is 247 g/mol. The van der Waals surface area contributed by atoms with E-state index in [-0.39, 0.29) is 0 Å². The number of carbonyl (C=O) groups excluding carboxylic acids is 1. The number of nitrogens with zero attached hydrogens (tertiary/aromatic N) is 1. The molecule has 0 bridgehead atoms. The second-order valence-corrected chi connectivity index (χ2v) is 4.57. The summed E-state index contributed by atoms with van der Waals surface area (Å²) < 4.78 is 0. The normalized spacial score (nSPS) is 10.6. The predicted octanol–water partition coefficient (Wildman–Crippen LogP) is 4.02. The van der Waals surface area contributed by atoms with Gasteiger partial charge in [-0.2, -0.15) is 0 Å². The zero-order valence-corrected chi connectivity index (χ0v) is 10.6. The van der Waals surface area contributed by atoms with Crippen LogP contribution in [0.2, 0.25) is 0 Å². The molecule has 0 aliphatic carbocycles. The van der Waals surface area contributed by atoms with Crippen LogP contribution >= 0.6 is 0 Å². The quantitative estimate of drug-likeness (QED) is 0.640. The van der Waals surface area contributed by atoms with Crippen molar-refractivity contribution in [1.82, 2.24) is 4.98 Å². The molecular weight excluding hydrogens is 234 g/mol. The lowest BCUT2D eigenvalue weighted by atomic mass is 9.97. The van der Waals surface area contributed by atoms with Crippen molar-refractivity contribution in [2.75, 3.05) is 0 Å². The van der Waals surface area contributed by atoms with E-state index in [1.165, 1.54) is 11.1 Å². The summed E-state index contributed by atoms with van der Waals surface area (Å²) in [5, 5.41) is 1.07. The van der Waals surface area contributed by atoms with E-state index in [1.54, 1.807) is 6.20 Å². The van der Waals surface area contributed by atoms with Gasteiger partial charge in [0.15, 0.2) is 0 Å². The van der Waals surface area contributed by atoms with E-state index in [9.17, 15) is 4.79 Å². The number of hydrogen-bond acceptors (Lipinski definition) is 2. The lowest BCUT2D eigenvalue weighted by Crippen LogP contribution is -1.88. The second kappa shape index (κ2) is 4.65. The first-order valence-corrected chi connectivity index (χ1v) is 6.19. The van der Waals surface area contributed by atoms with Gasteiger partial charge in [-0.05, 0) is 35.7 Å². The van der Waals surface area contributed by atoms with Gasteiger partial charge in [0.25, 0.3) is 0 Å². The summed E-state index contributed by atoms with van der Waals surface area (Å²) in [6.45, 7) is 2.10. The minimum atomic E-state index is 0.655. The number of carbonyl (C=O) groups is 1. The van der Waals surface area contributed by atoms with Crippen LogP contribution in [0, 0.1) is 6.92 Å². The van der Waals surface area contributed by atoms with E-state index in [4.69, 9.17) is 0 Å². The molecular formula is C17H13NO. The van der Waals surface area contributed by atoms with Gasteiger partial charge in [0.05, 0.1) is 5.52 Å². The molecule has 92 valence electrons. The Balaban J connectivity index is 2.31. The Kier molecular flexibility index (Phi) is 2.84. The Labute approximate surface area is 111 Å². The third-order valence-electron chi connectivity index (χ3n) is 3.34. The Morgan fingerprint density at radius 1 is 1.00 bits per heavy atom. The molecule has 3 rings (SSSR count). The van der Waals surface area contributed by atoms with Crippen LogP contribution in [-0.2, 0) is 0 Å². The van der Waals surface area contributed by atoms with Crippen molar-refractivity contribution in [3.05, 3.63) is 65.9 Å². The zero-order chi connectivity index (χ0) is 13.2. The van der Waals surface area contributed by atoms with E-state index >= 15 is 0 Å². The number of rotatable bonds is 2. The molecule has 0 aliphatic rings. The first-order chi connectivity index (χ1) is 9.29. The number of pyridine rings is 1. The number of aromatic nitrogens is 1. The molecule has 0 amide bonds. The number of fused-ring (bicyclic) bond motifs is 1. The number of aryl methyl sites for hydroxylation is 1. The van der Waals surface area contributed by atoms with Crippen LogP contribution in [-0.4, -0.2) is 11.3 Å². The molecule has 1 aromatic heterocycles. The smallest absolute Gasteiger partial charge is 0.150 e. The van der Waals surface area contributed by atoms with Gasteiger partial charge in [-0.25, -0.2) is 0 Å². The average molecular weight is 247 g/mol. The van der Waals surface area contributed by atoms with E-state index in [0.29, 0.717) is 5.56 Å². The van der Waals surface area contributed by atoms with E-state index in [0.717, 1.165) is 22.8 Å². The van der Waals surface area contributed by atoms with Crippen molar-refractivity contribution < 1.29 is 4.79 Å². The van der Waals surface area contributed by atoms with Crippen LogP contribution in [0.5, 0.6) is 0 Å². The lowest BCUT2D eigenvalue weighted by molar-refractivity contribution is 0.112. The van der Waals surface area contributed by atoms with Crippen LogP contribution in [0.3, 0.4) is 0 Å². The maximum absolute atomic E-state index is 10.8. The summed E-state index contributed by atoms with van der Waals surface area (Å²) in [6, 6.07) is 15.9. The Bertz CT molecular complexity index is 762. The van der Waals surface area contributed by atoms with Crippen LogP contribution in [0.1, 0.15) is 15.9 Å². The summed E-state index contributed by atoms with van der Waals surface area (Å²) in [7, 11) is 0. The van der Waals surface area contributed by atoms with E-state index < -0.39 is 0 Å². The number of hydrogen-bond donors (Lipinski definition) is 0. The Morgan fingerprint density at radius 3 is 2.63 bits per heavy atom. The summed E-state index contributed by atoms with van der Waals surface area (Å²) in [5.41, 5.74) is 5.09. The van der Waals surface area contributed by atoms with Crippen molar-refractivity contribution in [2.24, 2.45) is 0 Å². The molecule has 2 nitrogen and oxygen atoms in total. The highest BCUT2D eigenvalue weighted by molar-refractivity contribution is 5.97. The molecule has 0 spiro atoms. The summed E-state index contributed by atoms with van der Waals surface area (Å²) in [6.07, 6.45) is 2.64. The van der Waals surface area contributed by atoms with Crippen molar-refractivity contribution in [2.45, 2.75) is 6.92 Å². The summed E-state index contributed by atoms with van der Waals surface area (Å²) >= 11 is 0. The topological polar surface area (TPSA) is 30.0 Å². The van der Waals surface area contributed by atoms with Gasteiger partial charge in [-0.3, -0.25) is 9.78 Å². The van der Waals surface area contributed by atoms with Crippen molar-refractivity contribution in [3.63, 3.8) is 0 Å². The Hall–Kier alpha value is -2.48. The Morgan fingerprint density at radius 2 is 1.84 bits per heavy atom. The molecule has 3 aromatic rings. The third kappa shape index (κ3) is 2.02. The molecule has 0 N–H and O–H groups in total. The van der Waals surface area contributed by atoms with Crippen LogP contribution < -0.4 is 0 Å². The summed E-state index contributed by atoms with van der Waals surface area (Å²) in [4.78, 5) is 15.2.